The first-order valence-corrected chi connectivity index (χ1v) is 8.78. The standard InChI is InChI=1S/C19H29FN2O2/c1-19(2,3)24-18(23)22-13-15(17-6-4-5-11-21-17)12-14-7-9-16(20)10-8-14/h7-10,15,17,21H,4-6,11-13H2,1-3H3,(H,22,23)/t15-,17-/m0/s1. The first kappa shape index (κ1) is 18.7. The minimum Gasteiger partial charge on any atom is -0.444 e. The number of nitrogens with one attached hydrogen (secondary N) is 2. The van der Waals surface area contributed by atoms with E-state index in [0.717, 1.165) is 24.9 Å². The Morgan fingerprint density at radius 1 is 1.33 bits per heavy atom. The molecule has 2 rings (SSSR count). The van der Waals surface area contributed by atoms with Gasteiger partial charge in [-0.1, -0.05) is 18.6 Å². The molecule has 5 heteroatoms. The van der Waals surface area contributed by atoms with Crippen LogP contribution in [0.1, 0.15) is 45.6 Å². The summed E-state index contributed by atoms with van der Waals surface area (Å²) in [4.78, 5) is 11.9. The van der Waals surface area contributed by atoms with E-state index in [0.29, 0.717) is 12.6 Å². The highest BCUT2D eigenvalue weighted by Crippen LogP contribution is 2.20. The van der Waals surface area contributed by atoms with E-state index in [9.17, 15) is 9.18 Å². The Kier molecular flexibility index (Phi) is 6.60. The molecular formula is C19H29FN2O2. The van der Waals surface area contributed by atoms with Crippen LogP contribution in [0.2, 0.25) is 0 Å². The molecule has 1 aromatic carbocycles. The van der Waals surface area contributed by atoms with Crippen LogP contribution in [-0.2, 0) is 11.2 Å². The number of alkyl carbamates (subject to hydrolysis) is 1. The Hall–Kier alpha value is -1.62. The number of benzene rings is 1. The summed E-state index contributed by atoms with van der Waals surface area (Å²) in [5, 5.41) is 6.45. The van der Waals surface area contributed by atoms with Gasteiger partial charge in [0.15, 0.2) is 0 Å². The van der Waals surface area contributed by atoms with Gasteiger partial charge >= 0.3 is 6.09 Å². The van der Waals surface area contributed by atoms with E-state index in [-0.39, 0.29) is 17.8 Å². The molecule has 2 N–H and O–H groups in total. The van der Waals surface area contributed by atoms with E-state index in [2.05, 4.69) is 10.6 Å². The molecule has 0 spiro atoms. The van der Waals surface area contributed by atoms with Crippen molar-refractivity contribution in [2.75, 3.05) is 13.1 Å². The molecule has 0 radical (unpaired) electrons. The summed E-state index contributed by atoms with van der Waals surface area (Å²) >= 11 is 0. The van der Waals surface area contributed by atoms with Crippen LogP contribution in [0.25, 0.3) is 0 Å². The third kappa shape index (κ3) is 6.48. The summed E-state index contributed by atoms with van der Waals surface area (Å²) in [6.07, 6.45) is 3.90. The average Bonchev–Trinajstić information content (AvgIpc) is 2.52. The van der Waals surface area contributed by atoms with Crippen LogP contribution in [0.5, 0.6) is 0 Å². The highest BCUT2D eigenvalue weighted by atomic mass is 19.1. The summed E-state index contributed by atoms with van der Waals surface area (Å²) in [7, 11) is 0. The first-order chi connectivity index (χ1) is 11.3. The lowest BCUT2D eigenvalue weighted by Gasteiger charge is -2.32. The van der Waals surface area contributed by atoms with Crippen LogP contribution in [0.3, 0.4) is 0 Å². The maximum atomic E-state index is 13.1. The van der Waals surface area contributed by atoms with E-state index >= 15 is 0 Å². The average molecular weight is 336 g/mol. The predicted molar refractivity (Wildman–Crippen MR) is 93.5 cm³/mol. The molecule has 0 aliphatic carbocycles. The van der Waals surface area contributed by atoms with Gasteiger partial charge in [0.2, 0.25) is 0 Å². The third-order valence-corrected chi connectivity index (χ3v) is 4.24. The lowest BCUT2D eigenvalue weighted by atomic mass is 9.87. The minimum absolute atomic E-state index is 0.224. The van der Waals surface area contributed by atoms with Gasteiger partial charge in [-0.25, -0.2) is 9.18 Å². The second kappa shape index (κ2) is 8.47. The van der Waals surface area contributed by atoms with Crippen molar-refractivity contribution < 1.29 is 13.9 Å². The monoisotopic (exact) mass is 336 g/mol. The predicted octanol–water partition coefficient (Wildman–Crippen LogP) is 3.65. The van der Waals surface area contributed by atoms with Gasteiger partial charge in [0.05, 0.1) is 0 Å². The SMILES string of the molecule is CC(C)(C)OC(=O)NC[C@H](Cc1ccc(F)cc1)[C@@H]1CCCCN1. The quantitative estimate of drug-likeness (QED) is 0.863. The Morgan fingerprint density at radius 3 is 2.62 bits per heavy atom. The van der Waals surface area contributed by atoms with Crippen molar-refractivity contribution >= 4 is 6.09 Å². The molecule has 0 saturated carbocycles. The molecule has 1 amide bonds. The van der Waals surface area contributed by atoms with Crippen molar-refractivity contribution in [3.63, 3.8) is 0 Å². The van der Waals surface area contributed by atoms with Crippen molar-refractivity contribution in [1.29, 1.82) is 0 Å². The molecule has 1 aliphatic rings. The second-order valence-corrected chi connectivity index (χ2v) is 7.53. The number of piperidine rings is 1. The van der Waals surface area contributed by atoms with E-state index in [1.807, 2.05) is 32.9 Å². The van der Waals surface area contributed by atoms with Crippen LogP contribution in [0.15, 0.2) is 24.3 Å². The van der Waals surface area contributed by atoms with Crippen molar-refractivity contribution in [3.05, 3.63) is 35.6 Å². The van der Waals surface area contributed by atoms with E-state index in [1.165, 1.54) is 25.0 Å². The number of ether oxygens (including phenoxy) is 1. The molecule has 0 aromatic heterocycles. The van der Waals surface area contributed by atoms with Crippen LogP contribution >= 0.6 is 0 Å². The summed E-state index contributed by atoms with van der Waals surface area (Å²) in [5.41, 5.74) is 0.583. The van der Waals surface area contributed by atoms with Gasteiger partial charge in [-0.2, -0.15) is 0 Å². The van der Waals surface area contributed by atoms with Gasteiger partial charge in [-0.3, -0.25) is 0 Å². The van der Waals surface area contributed by atoms with E-state index in [1.54, 1.807) is 0 Å². The molecule has 1 aliphatic heterocycles. The molecule has 24 heavy (non-hydrogen) atoms. The third-order valence-electron chi connectivity index (χ3n) is 4.24. The molecule has 1 fully saturated rings. The van der Waals surface area contributed by atoms with Crippen molar-refractivity contribution in [1.82, 2.24) is 10.6 Å². The maximum Gasteiger partial charge on any atom is 0.407 e. The number of amides is 1. The Balaban J connectivity index is 1.97. The summed E-state index contributed by atoms with van der Waals surface area (Å²) in [6.45, 7) is 7.11. The molecule has 2 atom stereocenters. The molecule has 1 saturated heterocycles. The molecular weight excluding hydrogens is 307 g/mol. The lowest BCUT2D eigenvalue weighted by Crippen LogP contribution is -2.46. The zero-order valence-corrected chi connectivity index (χ0v) is 14.9. The molecule has 4 nitrogen and oxygen atoms in total. The summed E-state index contributed by atoms with van der Waals surface area (Å²) < 4.78 is 18.4. The van der Waals surface area contributed by atoms with Crippen LogP contribution in [-0.4, -0.2) is 30.8 Å². The Morgan fingerprint density at radius 2 is 2.04 bits per heavy atom. The van der Waals surface area contributed by atoms with Crippen molar-refractivity contribution in [3.8, 4) is 0 Å². The van der Waals surface area contributed by atoms with Crippen LogP contribution in [0, 0.1) is 11.7 Å². The number of carbonyl (C=O) groups excluding carboxylic acids is 1. The topological polar surface area (TPSA) is 50.4 Å². The number of hydrogen-bond acceptors (Lipinski definition) is 3. The van der Waals surface area contributed by atoms with Crippen molar-refractivity contribution in [2.45, 2.75) is 58.1 Å². The number of halogens is 1. The van der Waals surface area contributed by atoms with Crippen LogP contribution in [0.4, 0.5) is 9.18 Å². The van der Waals surface area contributed by atoms with Gasteiger partial charge < -0.3 is 15.4 Å². The van der Waals surface area contributed by atoms with E-state index in [4.69, 9.17) is 4.74 Å². The fourth-order valence-corrected chi connectivity index (χ4v) is 3.09. The highest BCUT2D eigenvalue weighted by molar-refractivity contribution is 5.67. The van der Waals surface area contributed by atoms with Gasteiger partial charge in [0.25, 0.3) is 0 Å². The van der Waals surface area contributed by atoms with Crippen molar-refractivity contribution in [2.24, 2.45) is 5.92 Å². The summed E-state index contributed by atoms with van der Waals surface area (Å²) in [5.74, 6) is 0.0289. The minimum atomic E-state index is -0.500. The smallest absolute Gasteiger partial charge is 0.407 e. The zero-order chi connectivity index (χ0) is 17.6. The maximum absolute atomic E-state index is 13.1. The molecule has 0 bridgehead atoms. The zero-order valence-electron chi connectivity index (χ0n) is 14.9. The highest BCUT2D eigenvalue weighted by Gasteiger charge is 2.25. The van der Waals surface area contributed by atoms with E-state index < -0.39 is 5.60 Å². The van der Waals surface area contributed by atoms with Gasteiger partial charge in [0, 0.05) is 12.6 Å². The number of rotatable bonds is 5. The molecule has 134 valence electrons. The first-order valence-electron chi connectivity index (χ1n) is 8.78. The summed E-state index contributed by atoms with van der Waals surface area (Å²) in [6, 6.07) is 6.97. The Labute approximate surface area is 144 Å². The molecule has 1 heterocycles. The number of hydrogen-bond donors (Lipinski definition) is 2. The second-order valence-electron chi connectivity index (χ2n) is 7.53. The van der Waals surface area contributed by atoms with Gasteiger partial charge in [0.1, 0.15) is 11.4 Å². The lowest BCUT2D eigenvalue weighted by molar-refractivity contribution is 0.0514. The van der Waals surface area contributed by atoms with Crippen LogP contribution < -0.4 is 10.6 Å². The van der Waals surface area contributed by atoms with Gasteiger partial charge in [-0.05, 0) is 70.2 Å². The molecule has 0 unspecified atom stereocenters. The molecule has 1 aromatic rings. The Bertz CT molecular complexity index is 519. The largest absolute Gasteiger partial charge is 0.444 e. The number of carbonyl (C=O) groups is 1. The fraction of sp³-hybridized carbons (Fsp3) is 0.632. The fourth-order valence-electron chi connectivity index (χ4n) is 3.09. The normalized spacial score (nSPS) is 19.6. The van der Waals surface area contributed by atoms with Gasteiger partial charge in [-0.15, -0.1) is 0 Å².